The Morgan fingerprint density at radius 3 is 1.69 bits per heavy atom. The predicted octanol–water partition coefficient (Wildman–Crippen LogP) is 2.64. The predicted molar refractivity (Wildman–Crippen MR) is 61.8 cm³/mol. The molecule has 0 N–H and O–H groups in total. The van der Waals surface area contributed by atoms with E-state index in [4.69, 9.17) is 0 Å². The van der Waals surface area contributed by atoms with Crippen molar-refractivity contribution in [3.63, 3.8) is 0 Å². The number of nitrogens with zero attached hydrogens (tertiary/aromatic N) is 1. The summed E-state index contributed by atoms with van der Waals surface area (Å²) in [5.41, 5.74) is 0. The van der Waals surface area contributed by atoms with Crippen LogP contribution in [-0.4, -0.2) is 22.8 Å². The van der Waals surface area contributed by atoms with E-state index in [0.717, 1.165) is 12.8 Å². The van der Waals surface area contributed by atoms with E-state index in [1.807, 2.05) is 0 Å². The zero-order chi connectivity index (χ0) is 11.4. The van der Waals surface area contributed by atoms with Crippen LogP contribution in [0.1, 0.15) is 64.2 Å². The third kappa shape index (κ3) is 2.63. The van der Waals surface area contributed by atoms with Gasteiger partial charge < -0.3 is 0 Å². The second-order valence-electron chi connectivity index (χ2n) is 5.01. The molecule has 0 bridgehead atoms. The molecule has 2 fully saturated rings. The van der Waals surface area contributed by atoms with Crippen molar-refractivity contribution >= 4 is 11.8 Å². The lowest BCUT2D eigenvalue weighted by molar-refractivity contribution is -0.141. The highest BCUT2D eigenvalue weighted by Crippen LogP contribution is 2.25. The summed E-state index contributed by atoms with van der Waals surface area (Å²) in [6, 6.07) is 0.209. The normalized spacial score (nSPS) is 25.4. The standard InChI is InChI=1S/C13H21NO2/c15-12-9-10-13(16)14(12)11-7-5-3-1-2-4-6-8-11/h11H,1-10H2. The second-order valence-corrected chi connectivity index (χ2v) is 5.01. The molecule has 3 heteroatoms. The lowest BCUT2D eigenvalue weighted by Gasteiger charge is -2.25. The molecule has 0 atom stereocenters. The van der Waals surface area contributed by atoms with Gasteiger partial charge in [0.2, 0.25) is 11.8 Å². The van der Waals surface area contributed by atoms with Crippen LogP contribution < -0.4 is 0 Å². The molecule has 1 aliphatic carbocycles. The molecule has 0 aromatic heterocycles. The van der Waals surface area contributed by atoms with E-state index in [9.17, 15) is 9.59 Å². The molecular weight excluding hydrogens is 202 g/mol. The first-order valence-corrected chi connectivity index (χ1v) is 6.64. The summed E-state index contributed by atoms with van der Waals surface area (Å²) >= 11 is 0. The van der Waals surface area contributed by atoms with Gasteiger partial charge in [-0.1, -0.05) is 38.5 Å². The van der Waals surface area contributed by atoms with Gasteiger partial charge >= 0.3 is 0 Å². The molecule has 2 rings (SSSR count). The average Bonchev–Trinajstić information content (AvgIpc) is 2.65. The van der Waals surface area contributed by atoms with Gasteiger partial charge in [-0.3, -0.25) is 14.5 Å². The minimum absolute atomic E-state index is 0.0641. The maximum atomic E-state index is 11.7. The van der Waals surface area contributed by atoms with Gasteiger partial charge in [-0.05, 0) is 12.8 Å². The van der Waals surface area contributed by atoms with Gasteiger partial charge in [-0.2, -0.15) is 0 Å². The van der Waals surface area contributed by atoms with Crippen LogP contribution in [0.4, 0.5) is 0 Å². The van der Waals surface area contributed by atoms with Crippen LogP contribution in [-0.2, 0) is 9.59 Å². The number of hydrogen-bond acceptors (Lipinski definition) is 2. The lowest BCUT2D eigenvalue weighted by Crippen LogP contribution is -2.39. The number of hydrogen-bond donors (Lipinski definition) is 0. The first-order valence-electron chi connectivity index (χ1n) is 6.64. The van der Waals surface area contributed by atoms with Crippen molar-refractivity contribution < 1.29 is 9.59 Å². The number of rotatable bonds is 1. The van der Waals surface area contributed by atoms with Crippen molar-refractivity contribution in [1.82, 2.24) is 4.90 Å². The summed E-state index contributed by atoms with van der Waals surface area (Å²) in [5.74, 6) is 0.128. The van der Waals surface area contributed by atoms with Gasteiger partial charge in [0, 0.05) is 18.9 Å². The van der Waals surface area contributed by atoms with Gasteiger partial charge in [0.15, 0.2) is 0 Å². The molecule has 0 aromatic rings. The molecule has 0 spiro atoms. The third-order valence-corrected chi connectivity index (χ3v) is 3.78. The molecular formula is C13H21NO2. The van der Waals surface area contributed by atoms with E-state index >= 15 is 0 Å². The Morgan fingerprint density at radius 2 is 1.19 bits per heavy atom. The molecule has 3 nitrogen and oxygen atoms in total. The summed E-state index contributed by atoms with van der Waals surface area (Å²) in [4.78, 5) is 24.9. The van der Waals surface area contributed by atoms with Crippen molar-refractivity contribution in [2.75, 3.05) is 0 Å². The summed E-state index contributed by atoms with van der Waals surface area (Å²) in [7, 11) is 0. The Balaban J connectivity index is 1.99. The Hall–Kier alpha value is -0.860. The highest BCUT2D eigenvalue weighted by atomic mass is 16.2. The van der Waals surface area contributed by atoms with Gasteiger partial charge in [-0.15, -0.1) is 0 Å². The molecule has 1 saturated carbocycles. The Labute approximate surface area is 97.2 Å². The maximum Gasteiger partial charge on any atom is 0.229 e. The van der Waals surface area contributed by atoms with Crippen LogP contribution in [0.15, 0.2) is 0 Å². The van der Waals surface area contributed by atoms with Crippen LogP contribution in [0, 0.1) is 0 Å². The highest BCUT2D eigenvalue weighted by Gasteiger charge is 2.34. The molecule has 2 aliphatic rings. The van der Waals surface area contributed by atoms with Crippen molar-refractivity contribution in [3.05, 3.63) is 0 Å². The quantitative estimate of drug-likeness (QED) is 0.641. The molecule has 16 heavy (non-hydrogen) atoms. The fourth-order valence-electron chi connectivity index (χ4n) is 2.87. The van der Waals surface area contributed by atoms with Crippen molar-refractivity contribution in [3.8, 4) is 0 Å². The summed E-state index contributed by atoms with van der Waals surface area (Å²) < 4.78 is 0. The van der Waals surface area contributed by atoms with Gasteiger partial charge in [0.25, 0.3) is 0 Å². The van der Waals surface area contributed by atoms with Gasteiger partial charge in [0.1, 0.15) is 0 Å². The van der Waals surface area contributed by atoms with E-state index < -0.39 is 0 Å². The monoisotopic (exact) mass is 223 g/mol. The number of imide groups is 1. The molecule has 0 radical (unpaired) electrons. The number of amides is 2. The van der Waals surface area contributed by atoms with E-state index in [-0.39, 0.29) is 17.9 Å². The largest absolute Gasteiger partial charge is 0.280 e. The lowest BCUT2D eigenvalue weighted by atomic mass is 10.0. The van der Waals surface area contributed by atoms with Gasteiger partial charge in [0.05, 0.1) is 0 Å². The highest BCUT2D eigenvalue weighted by molar-refractivity contribution is 6.02. The number of carbonyl (C=O) groups is 2. The fraction of sp³-hybridized carbons (Fsp3) is 0.846. The maximum absolute atomic E-state index is 11.7. The minimum atomic E-state index is 0.0641. The second kappa shape index (κ2) is 5.46. The first-order chi connectivity index (χ1) is 7.79. The molecule has 1 saturated heterocycles. The van der Waals surface area contributed by atoms with E-state index in [1.165, 1.54) is 38.5 Å². The van der Waals surface area contributed by atoms with Crippen molar-refractivity contribution in [2.24, 2.45) is 0 Å². The Morgan fingerprint density at radius 1 is 0.750 bits per heavy atom. The van der Waals surface area contributed by atoms with Crippen molar-refractivity contribution in [2.45, 2.75) is 70.3 Å². The summed E-state index contributed by atoms with van der Waals surface area (Å²) in [6.45, 7) is 0. The molecule has 1 aliphatic heterocycles. The molecule has 0 aromatic carbocycles. The average molecular weight is 223 g/mol. The van der Waals surface area contributed by atoms with Crippen LogP contribution in [0.25, 0.3) is 0 Å². The fourth-order valence-corrected chi connectivity index (χ4v) is 2.87. The number of carbonyl (C=O) groups excluding carboxylic acids is 2. The van der Waals surface area contributed by atoms with Crippen LogP contribution in [0.2, 0.25) is 0 Å². The van der Waals surface area contributed by atoms with Crippen molar-refractivity contribution in [1.29, 1.82) is 0 Å². The first kappa shape index (κ1) is 11.6. The zero-order valence-electron chi connectivity index (χ0n) is 9.91. The topological polar surface area (TPSA) is 37.4 Å². The smallest absolute Gasteiger partial charge is 0.229 e. The van der Waals surface area contributed by atoms with E-state index in [2.05, 4.69) is 0 Å². The Kier molecular flexibility index (Phi) is 3.97. The summed E-state index contributed by atoms with van der Waals surface area (Å²) in [6.07, 6.45) is 10.4. The van der Waals surface area contributed by atoms with E-state index in [1.54, 1.807) is 4.90 Å². The SMILES string of the molecule is O=C1CCC(=O)N1C1CCCCCCCC1. The van der Waals surface area contributed by atoms with E-state index in [0.29, 0.717) is 12.8 Å². The third-order valence-electron chi connectivity index (χ3n) is 3.78. The molecule has 90 valence electrons. The van der Waals surface area contributed by atoms with Gasteiger partial charge in [-0.25, -0.2) is 0 Å². The summed E-state index contributed by atoms with van der Waals surface area (Å²) in [5, 5.41) is 0. The molecule has 1 heterocycles. The van der Waals surface area contributed by atoms with Crippen LogP contribution in [0.3, 0.4) is 0 Å². The zero-order valence-corrected chi connectivity index (χ0v) is 9.91. The Bertz CT molecular complexity index is 249. The number of likely N-dealkylation sites (tertiary alicyclic amines) is 1. The molecule has 0 unspecified atom stereocenters. The minimum Gasteiger partial charge on any atom is -0.280 e. The van der Waals surface area contributed by atoms with Crippen LogP contribution >= 0.6 is 0 Å². The molecule has 2 amide bonds. The van der Waals surface area contributed by atoms with Crippen LogP contribution in [0.5, 0.6) is 0 Å².